The van der Waals surface area contributed by atoms with Gasteiger partial charge in [-0.05, 0) is 30.0 Å². The molecule has 5 rings (SSSR count). The van der Waals surface area contributed by atoms with Crippen LogP contribution in [0, 0.1) is 5.82 Å². The second-order valence-corrected chi connectivity index (χ2v) is 8.39. The molecule has 0 bridgehead atoms. The third-order valence-electron chi connectivity index (χ3n) is 5.77. The number of nitrogens with zero attached hydrogens (tertiary/aromatic N) is 6. The van der Waals surface area contributed by atoms with Gasteiger partial charge in [0, 0.05) is 31.1 Å². The normalized spacial score (nSPS) is 14.5. The van der Waals surface area contributed by atoms with Crippen LogP contribution in [0.2, 0.25) is 0 Å². The van der Waals surface area contributed by atoms with Gasteiger partial charge in [0.2, 0.25) is 11.9 Å². The Kier molecular flexibility index (Phi) is 5.65. The van der Waals surface area contributed by atoms with E-state index in [1.807, 2.05) is 0 Å². The van der Waals surface area contributed by atoms with E-state index in [1.165, 1.54) is 29.2 Å². The minimum Gasteiger partial charge on any atom is -0.358 e. The van der Waals surface area contributed by atoms with E-state index in [9.17, 15) is 22.4 Å². The van der Waals surface area contributed by atoms with E-state index >= 15 is 0 Å². The SMILES string of the molecule is Cn1cc(Nc2ncc(-c3ccc(CC(=O)Nc4cc(C5(C(F)(F)F)CC5)on4)c(F)c3)cn2)nn1. The summed E-state index contributed by atoms with van der Waals surface area (Å²) in [6.07, 6.45) is -0.348. The summed E-state index contributed by atoms with van der Waals surface area (Å²) in [7, 11) is 1.72. The van der Waals surface area contributed by atoms with Crippen molar-refractivity contribution < 1.29 is 26.9 Å². The van der Waals surface area contributed by atoms with Gasteiger partial charge in [0.15, 0.2) is 17.4 Å². The predicted octanol–water partition coefficient (Wildman–Crippen LogP) is 3.92. The van der Waals surface area contributed by atoms with Gasteiger partial charge in [0.05, 0.1) is 12.6 Å². The number of aryl methyl sites for hydroxylation is 1. The quantitative estimate of drug-likeness (QED) is 0.365. The smallest absolute Gasteiger partial charge is 0.358 e. The van der Waals surface area contributed by atoms with Gasteiger partial charge in [0.1, 0.15) is 11.2 Å². The largest absolute Gasteiger partial charge is 0.401 e. The fraction of sp³-hybridized carbons (Fsp3) is 0.273. The Morgan fingerprint density at radius 3 is 2.50 bits per heavy atom. The van der Waals surface area contributed by atoms with Crippen molar-refractivity contribution in [1.29, 1.82) is 0 Å². The van der Waals surface area contributed by atoms with Crippen molar-refractivity contribution in [2.45, 2.75) is 30.9 Å². The zero-order valence-electron chi connectivity index (χ0n) is 18.7. The first kappa shape index (κ1) is 23.4. The topological polar surface area (TPSA) is 124 Å². The Morgan fingerprint density at radius 2 is 1.89 bits per heavy atom. The molecule has 186 valence electrons. The van der Waals surface area contributed by atoms with Crippen LogP contribution in [0.5, 0.6) is 0 Å². The summed E-state index contributed by atoms with van der Waals surface area (Å²) in [5.41, 5.74) is -0.914. The fourth-order valence-corrected chi connectivity index (χ4v) is 3.65. The minimum atomic E-state index is -4.46. The summed E-state index contributed by atoms with van der Waals surface area (Å²) in [6.45, 7) is 0. The van der Waals surface area contributed by atoms with Gasteiger partial charge in [-0.2, -0.15) is 13.2 Å². The van der Waals surface area contributed by atoms with Crippen molar-refractivity contribution in [1.82, 2.24) is 30.1 Å². The third-order valence-corrected chi connectivity index (χ3v) is 5.77. The number of rotatable bonds is 7. The number of anilines is 3. The van der Waals surface area contributed by atoms with Crippen LogP contribution in [0.4, 0.5) is 35.1 Å². The van der Waals surface area contributed by atoms with Gasteiger partial charge in [-0.25, -0.2) is 14.4 Å². The lowest BCUT2D eigenvalue weighted by Crippen LogP contribution is -2.28. The average Bonchev–Trinajstić information content (AvgIpc) is 3.37. The van der Waals surface area contributed by atoms with Crippen LogP contribution in [0.3, 0.4) is 0 Å². The number of halogens is 4. The first-order valence-corrected chi connectivity index (χ1v) is 10.7. The Hall–Kier alpha value is -4.36. The van der Waals surface area contributed by atoms with Crippen LogP contribution in [0.1, 0.15) is 24.2 Å². The molecule has 1 amide bonds. The summed E-state index contributed by atoms with van der Waals surface area (Å²) >= 11 is 0. The molecule has 3 aromatic heterocycles. The molecule has 14 heteroatoms. The Balaban J connectivity index is 1.22. The summed E-state index contributed by atoms with van der Waals surface area (Å²) in [6, 6.07) is 5.34. The van der Waals surface area contributed by atoms with Crippen molar-refractivity contribution in [3.8, 4) is 11.1 Å². The molecule has 3 heterocycles. The molecular formula is C22H18F4N8O2. The molecule has 1 aromatic carbocycles. The predicted molar refractivity (Wildman–Crippen MR) is 118 cm³/mol. The maximum Gasteiger partial charge on any atom is 0.401 e. The molecule has 10 nitrogen and oxygen atoms in total. The Labute approximate surface area is 200 Å². The van der Waals surface area contributed by atoms with Gasteiger partial charge in [0.25, 0.3) is 0 Å². The maximum absolute atomic E-state index is 14.7. The average molecular weight is 502 g/mol. The number of amides is 1. The number of carbonyl (C=O) groups excluding carboxylic acids is 1. The molecule has 4 aromatic rings. The highest BCUT2D eigenvalue weighted by molar-refractivity contribution is 5.91. The number of alkyl halides is 3. The van der Waals surface area contributed by atoms with Crippen LogP contribution in [-0.4, -0.2) is 42.2 Å². The molecule has 1 fully saturated rings. The van der Waals surface area contributed by atoms with Crippen LogP contribution in [0.15, 0.2) is 47.4 Å². The first-order valence-electron chi connectivity index (χ1n) is 10.7. The minimum absolute atomic E-state index is 0.0933. The zero-order chi connectivity index (χ0) is 25.5. The summed E-state index contributed by atoms with van der Waals surface area (Å²) in [5, 5.41) is 16.4. The molecule has 0 radical (unpaired) electrons. The second kappa shape index (κ2) is 8.70. The summed E-state index contributed by atoms with van der Waals surface area (Å²) in [5.74, 6) is -1.05. The molecule has 2 N–H and O–H groups in total. The number of hydrogen-bond donors (Lipinski definition) is 2. The van der Waals surface area contributed by atoms with Gasteiger partial charge < -0.3 is 15.2 Å². The standard InChI is InChI=1S/C22H18F4N8O2/c1-34-11-18(31-33-34)30-20-27-9-14(10-28-20)12-2-3-13(15(23)6-12)7-19(35)29-17-8-16(36-32-17)21(4-5-21)22(24,25)26/h2-3,6,8-11H,4-5,7H2,1H3,(H,27,28,30)(H,29,32,35). The molecule has 0 aliphatic heterocycles. The lowest BCUT2D eigenvalue weighted by atomic mass is 10.0. The molecule has 0 saturated heterocycles. The Morgan fingerprint density at radius 1 is 1.14 bits per heavy atom. The van der Waals surface area contributed by atoms with Gasteiger partial charge in [-0.3, -0.25) is 9.48 Å². The van der Waals surface area contributed by atoms with E-state index in [4.69, 9.17) is 4.52 Å². The van der Waals surface area contributed by atoms with Crippen LogP contribution < -0.4 is 10.6 Å². The van der Waals surface area contributed by atoms with Crippen molar-refractivity contribution >= 4 is 23.5 Å². The molecule has 1 aliphatic carbocycles. The molecule has 36 heavy (non-hydrogen) atoms. The van der Waals surface area contributed by atoms with E-state index in [1.54, 1.807) is 19.3 Å². The highest BCUT2D eigenvalue weighted by Gasteiger charge is 2.66. The lowest BCUT2D eigenvalue weighted by molar-refractivity contribution is -0.165. The molecule has 1 aliphatic rings. The van der Waals surface area contributed by atoms with E-state index in [-0.39, 0.29) is 42.4 Å². The molecule has 0 atom stereocenters. The number of aromatic nitrogens is 6. The van der Waals surface area contributed by atoms with Crippen molar-refractivity contribution in [2.75, 3.05) is 10.6 Å². The summed E-state index contributed by atoms with van der Waals surface area (Å²) < 4.78 is 60.7. The molecule has 1 saturated carbocycles. The highest BCUT2D eigenvalue weighted by Crippen LogP contribution is 2.59. The molecule has 0 spiro atoms. The second-order valence-electron chi connectivity index (χ2n) is 8.39. The van der Waals surface area contributed by atoms with Gasteiger partial charge in [-0.1, -0.05) is 22.5 Å². The van der Waals surface area contributed by atoms with E-state index < -0.39 is 23.3 Å². The highest BCUT2D eigenvalue weighted by atomic mass is 19.4. The van der Waals surface area contributed by atoms with E-state index in [0.29, 0.717) is 16.9 Å². The van der Waals surface area contributed by atoms with Crippen LogP contribution in [0.25, 0.3) is 11.1 Å². The van der Waals surface area contributed by atoms with Crippen molar-refractivity contribution in [3.05, 3.63) is 60.0 Å². The van der Waals surface area contributed by atoms with Crippen LogP contribution >= 0.6 is 0 Å². The fourth-order valence-electron chi connectivity index (χ4n) is 3.65. The number of hydrogen-bond acceptors (Lipinski definition) is 8. The molecular weight excluding hydrogens is 484 g/mol. The van der Waals surface area contributed by atoms with E-state index in [0.717, 1.165) is 6.07 Å². The number of nitrogens with one attached hydrogen (secondary N) is 2. The zero-order valence-corrected chi connectivity index (χ0v) is 18.7. The van der Waals surface area contributed by atoms with Crippen molar-refractivity contribution in [3.63, 3.8) is 0 Å². The number of benzene rings is 1. The Bertz CT molecular complexity index is 1410. The lowest BCUT2D eigenvalue weighted by Gasteiger charge is -2.14. The number of carbonyl (C=O) groups is 1. The maximum atomic E-state index is 14.7. The van der Waals surface area contributed by atoms with Crippen LogP contribution in [-0.2, 0) is 23.7 Å². The van der Waals surface area contributed by atoms with Gasteiger partial charge >= 0.3 is 6.18 Å². The molecule has 0 unspecified atom stereocenters. The first-order chi connectivity index (χ1) is 17.1. The van der Waals surface area contributed by atoms with E-state index in [2.05, 4.69) is 36.1 Å². The van der Waals surface area contributed by atoms with Crippen molar-refractivity contribution in [2.24, 2.45) is 7.05 Å². The third kappa shape index (κ3) is 4.61. The van der Waals surface area contributed by atoms with Gasteiger partial charge in [-0.15, -0.1) is 5.10 Å². The summed E-state index contributed by atoms with van der Waals surface area (Å²) in [4.78, 5) is 20.7. The monoisotopic (exact) mass is 502 g/mol.